The van der Waals surface area contributed by atoms with E-state index in [2.05, 4.69) is 15.5 Å². The molecule has 0 saturated heterocycles. The molecule has 0 aliphatic carbocycles. The van der Waals surface area contributed by atoms with Crippen LogP contribution < -0.4 is 10.5 Å². The van der Waals surface area contributed by atoms with E-state index < -0.39 is 15.9 Å². The molecule has 1 heterocycles. The van der Waals surface area contributed by atoms with Crippen LogP contribution in [0.2, 0.25) is 0 Å². The van der Waals surface area contributed by atoms with Crippen molar-refractivity contribution in [1.29, 1.82) is 0 Å². The molecule has 1 atom stereocenters. The molecule has 0 fully saturated rings. The number of hydrogen-bond donors (Lipinski definition) is 1. The van der Waals surface area contributed by atoms with Crippen LogP contribution in [0.4, 0.5) is 5.69 Å². The minimum atomic E-state index is -3.14. The highest BCUT2D eigenvalue weighted by molar-refractivity contribution is 7.90. The van der Waals surface area contributed by atoms with Gasteiger partial charge in [0, 0.05) is 18.0 Å². The summed E-state index contributed by atoms with van der Waals surface area (Å²) in [6, 6.07) is 4.71. The van der Waals surface area contributed by atoms with Crippen LogP contribution in [-0.2, 0) is 9.84 Å². The van der Waals surface area contributed by atoms with E-state index in [1.807, 2.05) is 0 Å². The van der Waals surface area contributed by atoms with Crippen LogP contribution in [0.1, 0.15) is 13.0 Å². The Kier molecular flexibility index (Phi) is 4.12. The third-order valence-corrected chi connectivity index (χ3v) is 4.01. The van der Waals surface area contributed by atoms with Crippen molar-refractivity contribution in [2.75, 3.05) is 24.9 Å². The number of nitrogen functional groups attached to an aromatic ring is 1. The Bertz CT molecular complexity index is 741. The van der Waals surface area contributed by atoms with Gasteiger partial charge in [0.1, 0.15) is 15.6 Å². The molecular weight excluding hydrogens is 294 g/mol. The fraction of sp³-hybridized carbons (Fsp3) is 0.417. The van der Waals surface area contributed by atoms with E-state index >= 15 is 0 Å². The number of tetrazole rings is 1. The molecule has 9 heteroatoms. The maximum Gasteiger partial charge on any atom is 0.186 e. The van der Waals surface area contributed by atoms with Gasteiger partial charge in [0.05, 0.1) is 24.5 Å². The number of sulfone groups is 1. The number of rotatable bonds is 5. The van der Waals surface area contributed by atoms with Gasteiger partial charge in [-0.2, -0.15) is 0 Å². The van der Waals surface area contributed by atoms with Gasteiger partial charge in [-0.25, -0.2) is 13.1 Å². The van der Waals surface area contributed by atoms with Gasteiger partial charge in [0.25, 0.3) is 0 Å². The molecule has 1 aromatic carbocycles. The van der Waals surface area contributed by atoms with E-state index in [-0.39, 0.29) is 5.75 Å². The van der Waals surface area contributed by atoms with Crippen molar-refractivity contribution in [1.82, 2.24) is 20.2 Å². The Morgan fingerprint density at radius 3 is 2.76 bits per heavy atom. The van der Waals surface area contributed by atoms with E-state index in [1.165, 1.54) is 18.0 Å². The van der Waals surface area contributed by atoms with Gasteiger partial charge in [-0.05, 0) is 29.5 Å². The largest absolute Gasteiger partial charge is 0.496 e. The van der Waals surface area contributed by atoms with Crippen molar-refractivity contribution in [3.05, 3.63) is 18.2 Å². The first-order valence-electron chi connectivity index (χ1n) is 6.21. The first-order chi connectivity index (χ1) is 9.81. The molecule has 2 aromatic rings. The summed E-state index contributed by atoms with van der Waals surface area (Å²) in [5.41, 5.74) is 6.92. The fourth-order valence-electron chi connectivity index (χ4n) is 2.07. The van der Waals surface area contributed by atoms with Crippen LogP contribution in [0.15, 0.2) is 18.2 Å². The molecular formula is C12H17N5O3S. The molecule has 2 N–H and O–H groups in total. The van der Waals surface area contributed by atoms with Crippen molar-refractivity contribution in [3.8, 4) is 17.1 Å². The van der Waals surface area contributed by atoms with E-state index in [0.717, 1.165) is 0 Å². The molecule has 0 radical (unpaired) electrons. The highest BCUT2D eigenvalue weighted by atomic mass is 32.2. The summed E-state index contributed by atoms with van der Waals surface area (Å²) in [5, 5.41) is 11.5. The van der Waals surface area contributed by atoms with Crippen molar-refractivity contribution in [2.45, 2.75) is 13.0 Å². The average molecular weight is 311 g/mol. The second kappa shape index (κ2) is 5.68. The molecule has 0 saturated carbocycles. The summed E-state index contributed by atoms with van der Waals surface area (Å²) < 4.78 is 29.6. The Hall–Kier alpha value is -2.16. The summed E-state index contributed by atoms with van der Waals surface area (Å²) in [6.07, 6.45) is 1.18. The zero-order valence-electron chi connectivity index (χ0n) is 12.0. The summed E-state index contributed by atoms with van der Waals surface area (Å²) in [7, 11) is -1.62. The number of hydrogen-bond acceptors (Lipinski definition) is 7. The van der Waals surface area contributed by atoms with Gasteiger partial charge in [-0.15, -0.1) is 5.10 Å². The van der Waals surface area contributed by atoms with Crippen molar-refractivity contribution < 1.29 is 13.2 Å². The van der Waals surface area contributed by atoms with Gasteiger partial charge >= 0.3 is 0 Å². The van der Waals surface area contributed by atoms with Gasteiger partial charge in [0.2, 0.25) is 0 Å². The zero-order valence-corrected chi connectivity index (χ0v) is 12.8. The second-order valence-corrected chi connectivity index (χ2v) is 7.03. The Balaban J connectivity index is 2.45. The van der Waals surface area contributed by atoms with E-state index in [4.69, 9.17) is 10.5 Å². The molecule has 8 nitrogen and oxygen atoms in total. The molecule has 1 aromatic heterocycles. The average Bonchev–Trinajstić information content (AvgIpc) is 2.85. The van der Waals surface area contributed by atoms with E-state index in [0.29, 0.717) is 22.8 Å². The third kappa shape index (κ3) is 3.48. The maximum absolute atomic E-state index is 11.4. The number of aromatic nitrogens is 4. The molecule has 0 spiro atoms. The second-order valence-electron chi connectivity index (χ2n) is 4.85. The van der Waals surface area contributed by atoms with E-state index in [9.17, 15) is 8.42 Å². The summed E-state index contributed by atoms with van der Waals surface area (Å²) in [5.74, 6) is 0.906. The number of nitrogens with two attached hydrogens (primary N) is 1. The molecule has 2 rings (SSSR count). The predicted molar refractivity (Wildman–Crippen MR) is 78.6 cm³/mol. The number of nitrogens with zero attached hydrogens (tertiary/aromatic N) is 4. The molecule has 114 valence electrons. The maximum atomic E-state index is 11.4. The van der Waals surface area contributed by atoms with Gasteiger partial charge < -0.3 is 10.5 Å². The highest BCUT2D eigenvalue weighted by Gasteiger charge is 2.20. The van der Waals surface area contributed by atoms with Crippen LogP contribution >= 0.6 is 0 Å². The van der Waals surface area contributed by atoms with E-state index in [1.54, 1.807) is 25.1 Å². The lowest BCUT2D eigenvalue weighted by molar-refractivity contribution is 0.415. The number of benzene rings is 1. The fourth-order valence-corrected chi connectivity index (χ4v) is 3.09. The molecule has 0 bridgehead atoms. The molecule has 0 amide bonds. The highest BCUT2D eigenvalue weighted by Crippen LogP contribution is 2.31. The monoisotopic (exact) mass is 311 g/mol. The zero-order chi connectivity index (χ0) is 15.6. The lowest BCUT2D eigenvalue weighted by atomic mass is 10.1. The Morgan fingerprint density at radius 2 is 2.14 bits per heavy atom. The lowest BCUT2D eigenvalue weighted by Gasteiger charge is -2.14. The summed E-state index contributed by atoms with van der Waals surface area (Å²) in [4.78, 5) is 0. The van der Waals surface area contributed by atoms with Crippen molar-refractivity contribution in [2.24, 2.45) is 0 Å². The van der Waals surface area contributed by atoms with Gasteiger partial charge in [-0.3, -0.25) is 0 Å². The van der Waals surface area contributed by atoms with Gasteiger partial charge in [0.15, 0.2) is 5.82 Å². The molecule has 1 unspecified atom stereocenters. The topological polar surface area (TPSA) is 113 Å². The van der Waals surface area contributed by atoms with Crippen LogP contribution in [-0.4, -0.2) is 47.7 Å². The summed E-state index contributed by atoms with van der Waals surface area (Å²) in [6.45, 7) is 1.74. The first-order valence-corrected chi connectivity index (χ1v) is 8.27. The van der Waals surface area contributed by atoms with Crippen LogP contribution in [0.25, 0.3) is 11.4 Å². The van der Waals surface area contributed by atoms with Crippen LogP contribution in [0.5, 0.6) is 5.75 Å². The number of anilines is 1. The van der Waals surface area contributed by atoms with Crippen LogP contribution in [0.3, 0.4) is 0 Å². The Morgan fingerprint density at radius 1 is 1.43 bits per heavy atom. The standard InChI is InChI=1S/C12H17N5O3S/c1-8(7-21(3,18)19)17-12(14-15-16-17)10-5-4-9(13)6-11(10)20-2/h4-6,8H,7,13H2,1-3H3. The van der Waals surface area contributed by atoms with Crippen LogP contribution in [0, 0.1) is 0 Å². The minimum absolute atomic E-state index is 0.0532. The first kappa shape index (κ1) is 15.2. The number of methoxy groups -OCH3 is 1. The molecule has 21 heavy (non-hydrogen) atoms. The summed E-state index contributed by atoms with van der Waals surface area (Å²) >= 11 is 0. The smallest absolute Gasteiger partial charge is 0.186 e. The van der Waals surface area contributed by atoms with Gasteiger partial charge in [-0.1, -0.05) is 0 Å². The molecule has 0 aliphatic rings. The van der Waals surface area contributed by atoms with Crippen molar-refractivity contribution >= 4 is 15.5 Å². The Labute approximate surface area is 122 Å². The third-order valence-electron chi connectivity index (χ3n) is 2.92. The van der Waals surface area contributed by atoms with Crippen molar-refractivity contribution in [3.63, 3.8) is 0 Å². The SMILES string of the molecule is COc1cc(N)ccc1-c1nnnn1C(C)CS(C)(=O)=O. The minimum Gasteiger partial charge on any atom is -0.496 e. The number of ether oxygens (including phenoxy) is 1. The normalized spacial score (nSPS) is 13.1. The quantitative estimate of drug-likeness (QED) is 0.801. The predicted octanol–water partition coefficient (Wildman–Crippen LogP) is 0.536. The lowest BCUT2D eigenvalue weighted by Crippen LogP contribution is -2.18. The molecule has 0 aliphatic heterocycles.